The monoisotopic (exact) mass is 310 g/mol. The van der Waals surface area contributed by atoms with Crippen LogP contribution in [0.15, 0.2) is 0 Å². The van der Waals surface area contributed by atoms with Crippen molar-refractivity contribution >= 4 is 11.9 Å². The summed E-state index contributed by atoms with van der Waals surface area (Å²) < 4.78 is 38.6. The summed E-state index contributed by atoms with van der Waals surface area (Å²) in [6.07, 6.45) is -1.14. The Morgan fingerprint density at radius 2 is 1.76 bits per heavy atom. The van der Waals surface area contributed by atoms with Crippen LogP contribution < -0.4 is 11.1 Å². The lowest BCUT2D eigenvalue weighted by molar-refractivity contribution is -0.207. The molecule has 4 N–H and O–H groups in total. The molecule has 1 saturated carbocycles. The summed E-state index contributed by atoms with van der Waals surface area (Å²) >= 11 is 0. The molecule has 21 heavy (non-hydrogen) atoms. The van der Waals surface area contributed by atoms with Gasteiger partial charge in [0, 0.05) is 6.42 Å². The Kier molecular flexibility index (Phi) is 5.25. The van der Waals surface area contributed by atoms with Crippen molar-refractivity contribution in [2.75, 3.05) is 6.54 Å². The second-order valence-corrected chi connectivity index (χ2v) is 5.92. The topological polar surface area (TPSA) is 92.4 Å². The van der Waals surface area contributed by atoms with Crippen LogP contribution in [-0.4, -0.2) is 35.2 Å². The van der Waals surface area contributed by atoms with Gasteiger partial charge in [-0.05, 0) is 31.7 Å². The number of nitrogens with two attached hydrogens (primary N) is 1. The van der Waals surface area contributed by atoms with E-state index < -0.39 is 29.0 Å². The van der Waals surface area contributed by atoms with Gasteiger partial charge in [-0.3, -0.25) is 4.79 Å². The highest BCUT2D eigenvalue weighted by atomic mass is 19.4. The van der Waals surface area contributed by atoms with E-state index in [0.29, 0.717) is 19.8 Å². The van der Waals surface area contributed by atoms with E-state index in [1.165, 1.54) is 0 Å². The van der Waals surface area contributed by atoms with E-state index in [0.717, 1.165) is 19.3 Å². The quantitative estimate of drug-likeness (QED) is 0.722. The van der Waals surface area contributed by atoms with E-state index in [2.05, 4.69) is 0 Å². The van der Waals surface area contributed by atoms with Gasteiger partial charge >= 0.3 is 12.1 Å². The maximum atomic E-state index is 12.9. The van der Waals surface area contributed by atoms with Crippen LogP contribution in [0.4, 0.5) is 13.2 Å². The average Bonchev–Trinajstić information content (AvgIpc) is 2.37. The highest BCUT2D eigenvalue weighted by molar-refractivity contribution is 5.87. The molecule has 1 fully saturated rings. The van der Waals surface area contributed by atoms with Crippen LogP contribution in [-0.2, 0) is 9.59 Å². The number of nitrogens with one attached hydrogen (secondary N) is 1. The Hall–Kier alpha value is -1.31. The van der Waals surface area contributed by atoms with Crippen LogP contribution in [0.25, 0.3) is 0 Å². The van der Waals surface area contributed by atoms with Crippen LogP contribution in [0.1, 0.15) is 45.4 Å². The van der Waals surface area contributed by atoms with Gasteiger partial charge in [-0.2, -0.15) is 13.2 Å². The van der Waals surface area contributed by atoms with Gasteiger partial charge < -0.3 is 16.2 Å². The number of carbonyl (C=O) groups is 2. The fraction of sp³-hybridized carbons (Fsp3) is 0.846. The van der Waals surface area contributed by atoms with E-state index >= 15 is 0 Å². The number of hydrogen-bond acceptors (Lipinski definition) is 3. The van der Waals surface area contributed by atoms with E-state index in [4.69, 9.17) is 10.8 Å². The van der Waals surface area contributed by atoms with Crippen molar-refractivity contribution in [2.45, 2.75) is 57.2 Å². The number of hydrogen-bond donors (Lipinski definition) is 3. The molecule has 1 aliphatic rings. The number of amides is 1. The van der Waals surface area contributed by atoms with E-state index in [1.54, 1.807) is 5.32 Å². The Bertz CT molecular complexity index is 406. The standard InChI is InChI=1S/C13H21F3N2O3/c1-11(10(20)21,13(14,15)16)18-9(19)7-12(8-17)5-3-2-4-6-12/h2-8,17H2,1H3,(H,18,19)(H,20,21). The minimum absolute atomic E-state index is 0.178. The summed E-state index contributed by atoms with van der Waals surface area (Å²) in [6.45, 7) is 0.652. The fourth-order valence-electron chi connectivity index (χ4n) is 2.66. The number of alkyl halides is 3. The smallest absolute Gasteiger partial charge is 0.422 e. The highest BCUT2D eigenvalue weighted by Gasteiger charge is 2.58. The van der Waals surface area contributed by atoms with Crippen molar-refractivity contribution in [3.8, 4) is 0 Å². The third-order valence-corrected chi connectivity index (χ3v) is 4.27. The van der Waals surface area contributed by atoms with Gasteiger partial charge in [0.25, 0.3) is 0 Å². The van der Waals surface area contributed by atoms with Gasteiger partial charge in [0.1, 0.15) is 0 Å². The maximum Gasteiger partial charge on any atom is 0.422 e. The molecule has 0 spiro atoms. The van der Waals surface area contributed by atoms with Gasteiger partial charge in [0.15, 0.2) is 0 Å². The molecule has 122 valence electrons. The summed E-state index contributed by atoms with van der Waals surface area (Å²) in [5.41, 5.74) is 1.87. The Morgan fingerprint density at radius 3 is 2.14 bits per heavy atom. The minimum Gasteiger partial charge on any atom is -0.479 e. The zero-order chi connectivity index (χ0) is 16.3. The second-order valence-electron chi connectivity index (χ2n) is 5.92. The van der Waals surface area contributed by atoms with Gasteiger partial charge in [-0.25, -0.2) is 4.79 Å². The first kappa shape index (κ1) is 17.7. The molecule has 0 saturated heterocycles. The normalized spacial score (nSPS) is 21.4. The predicted octanol–water partition coefficient (Wildman–Crippen LogP) is 1.81. The van der Waals surface area contributed by atoms with Gasteiger partial charge in [-0.1, -0.05) is 19.3 Å². The Labute approximate surface area is 121 Å². The van der Waals surface area contributed by atoms with E-state index in [1.807, 2.05) is 0 Å². The van der Waals surface area contributed by atoms with E-state index in [9.17, 15) is 22.8 Å². The maximum absolute atomic E-state index is 12.9. The first-order chi connectivity index (χ1) is 9.56. The molecule has 1 unspecified atom stereocenters. The molecule has 0 heterocycles. The summed E-state index contributed by atoms with van der Waals surface area (Å²) in [5, 5.41) is 10.4. The van der Waals surface area contributed by atoms with Crippen molar-refractivity contribution in [1.29, 1.82) is 0 Å². The lowest BCUT2D eigenvalue weighted by Crippen LogP contribution is -2.62. The first-order valence-electron chi connectivity index (χ1n) is 6.87. The van der Waals surface area contributed by atoms with Crippen molar-refractivity contribution in [2.24, 2.45) is 11.1 Å². The molecule has 0 aromatic rings. The summed E-state index contributed by atoms with van der Waals surface area (Å²) in [6, 6.07) is 0. The van der Waals surface area contributed by atoms with Crippen LogP contribution in [0.3, 0.4) is 0 Å². The third-order valence-electron chi connectivity index (χ3n) is 4.27. The lowest BCUT2D eigenvalue weighted by Gasteiger charge is -2.37. The summed E-state index contributed by atoms with van der Waals surface area (Å²) in [5.74, 6) is -3.06. The lowest BCUT2D eigenvalue weighted by atomic mass is 9.71. The summed E-state index contributed by atoms with van der Waals surface area (Å²) in [4.78, 5) is 22.8. The highest BCUT2D eigenvalue weighted by Crippen LogP contribution is 2.39. The molecule has 1 aliphatic carbocycles. The molecule has 0 bridgehead atoms. The van der Waals surface area contributed by atoms with Crippen LogP contribution in [0.5, 0.6) is 0 Å². The Balaban J connectivity index is 2.81. The van der Waals surface area contributed by atoms with Crippen molar-refractivity contribution < 1.29 is 27.9 Å². The third kappa shape index (κ3) is 3.87. The molecule has 1 atom stereocenters. The molecular weight excluding hydrogens is 289 g/mol. The second kappa shape index (κ2) is 6.21. The van der Waals surface area contributed by atoms with Crippen molar-refractivity contribution in [3.63, 3.8) is 0 Å². The van der Waals surface area contributed by atoms with Gasteiger partial charge in [0.2, 0.25) is 11.4 Å². The molecular formula is C13H21F3N2O3. The molecule has 5 nitrogen and oxygen atoms in total. The molecule has 1 rings (SSSR count). The molecule has 0 aliphatic heterocycles. The zero-order valence-corrected chi connectivity index (χ0v) is 11.9. The van der Waals surface area contributed by atoms with E-state index in [-0.39, 0.29) is 13.0 Å². The molecule has 0 aromatic heterocycles. The number of carboxylic acid groups (broad SMARTS) is 1. The zero-order valence-electron chi connectivity index (χ0n) is 11.9. The van der Waals surface area contributed by atoms with Crippen molar-refractivity contribution in [3.05, 3.63) is 0 Å². The van der Waals surface area contributed by atoms with Crippen molar-refractivity contribution in [1.82, 2.24) is 5.32 Å². The molecule has 0 aromatic carbocycles. The number of carboxylic acids is 1. The average molecular weight is 310 g/mol. The first-order valence-corrected chi connectivity index (χ1v) is 6.87. The number of rotatable bonds is 5. The van der Waals surface area contributed by atoms with Crippen LogP contribution in [0, 0.1) is 5.41 Å². The predicted molar refractivity (Wildman–Crippen MR) is 69.4 cm³/mol. The molecule has 0 radical (unpaired) electrons. The Morgan fingerprint density at radius 1 is 1.24 bits per heavy atom. The van der Waals surface area contributed by atoms with Gasteiger partial charge in [0.05, 0.1) is 0 Å². The minimum atomic E-state index is -5.07. The number of carbonyl (C=O) groups excluding carboxylic acids is 1. The summed E-state index contributed by atoms with van der Waals surface area (Å²) in [7, 11) is 0. The largest absolute Gasteiger partial charge is 0.479 e. The van der Waals surface area contributed by atoms with Crippen LogP contribution >= 0.6 is 0 Å². The SMILES string of the molecule is CC(NC(=O)CC1(CN)CCCCC1)(C(=O)O)C(F)(F)F. The van der Waals surface area contributed by atoms with Gasteiger partial charge in [-0.15, -0.1) is 0 Å². The molecule has 1 amide bonds. The molecule has 8 heteroatoms. The number of aliphatic carboxylic acids is 1. The number of halogens is 3. The fourth-order valence-corrected chi connectivity index (χ4v) is 2.66. The van der Waals surface area contributed by atoms with Crippen LogP contribution in [0.2, 0.25) is 0 Å².